The Morgan fingerprint density at radius 2 is 1.77 bits per heavy atom. The molecule has 0 aliphatic heterocycles. The highest BCUT2D eigenvalue weighted by Gasteiger charge is 2.38. The summed E-state index contributed by atoms with van der Waals surface area (Å²) in [5.41, 5.74) is 6.14. The Hall–Kier alpha value is -0.500. The Bertz CT molecular complexity index is 200. The van der Waals surface area contributed by atoms with Crippen molar-refractivity contribution in [1.82, 2.24) is 0 Å². The second-order valence-electron chi connectivity index (χ2n) is 4.69. The molecule has 2 fully saturated rings. The minimum absolute atomic E-state index is 0.329. The van der Waals surface area contributed by atoms with Crippen LogP contribution in [0, 0.1) is 17.8 Å². The Kier molecular flexibility index (Phi) is 2.33. The summed E-state index contributed by atoms with van der Waals surface area (Å²) in [7, 11) is 0. The number of hydrogen-bond donors (Lipinski definition) is 2. The molecule has 4 atom stereocenters. The van der Waals surface area contributed by atoms with Crippen LogP contribution >= 0.6 is 0 Å². The molecular formula is C11H19NO. The van der Waals surface area contributed by atoms with Gasteiger partial charge in [0.2, 0.25) is 0 Å². The molecule has 0 spiro atoms. The molecule has 0 radical (unpaired) electrons. The predicted molar refractivity (Wildman–Crippen MR) is 53.3 cm³/mol. The summed E-state index contributed by atoms with van der Waals surface area (Å²) in [5.74, 6) is 1.99. The fraction of sp³-hybridized carbons (Fsp3) is 0.818. The van der Waals surface area contributed by atoms with Gasteiger partial charge in [-0.05, 0) is 37.5 Å². The van der Waals surface area contributed by atoms with Crippen LogP contribution in [-0.2, 0) is 0 Å². The highest BCUT2D eigenvalue weighted by atomic mass is 16.3. The van der Waals surface area contributed by atoms with Crippen LogP contribution in [0.3, 0.4) is 0 Å². The molecule has 0 aromatic heterocycles. The summed E-state index contributed by atoms with van der Waals surface area (Å²) in [6.07, 6.45) is 5.95. The summed E-state index contributed by atoms with van der Waals surface area (Å²) in [6, 6.07) is 0.393. The molecule has 0 amide bonds. The van der Waals surface area contributed by atoms with Crippen LogP contribution in [0.25, 0.3) is 0 Å². The molecule has 2 bridgehead atoms. The van der Waals surface area contributed by atoms with Crippen molar-refractivity contribution < 1.29 is 5.11 Å². The highest BCUT2D eigenvalue weighted by Crippen LogP contribution is 2.43. The second kappa shape index (κ2) is 3.33. The molecule has 1 unspecified atom stereocenters. The third-order valence-corrected chi connectivity index (χ3v) is 3.88. The molecule has 2 aliphatic rings. The standard InChI is InChI=1S/C11H19NO/c1-7(13)10-5-8-3-2-4-9(6-10)11(8)12/h8-11,13H,1-6,12H2/t8-,9+,10?,11-. The molecule has 0 aromatic carbocycles. The lowest BCUT2D eigenvalue weighted by Crippen LogP contribution is -2.46. The average molecular weight is 181 g/mol. The largest absolute Gasteiger partial charge is 0.513 e. The average Bonchev–Trinajstić information content (AvgIpc) is 2.02. The number of allylic oxidation sites excluding steroid dienone is 1. The van der Waals surface area contributed by atoms with E-state index in [9.17, 15) is 5.11 Å². The fourth-order valence-electron chi connectivity index (χ4n) is 3.06. The van der Waals surface area contributed by atoms with Crippen LogP contribution in [-0.4, -0.2) is 11.1 Å². The van der Waals surface area contributed by atoms with E-state index in [4.69, 9.17) is 5.73 Å². The maximum Gasteiger partial charge on any atom is 0.0882 e. The lowest BCUT2D eigenvalue weighted by atomic mass is 9.65. The minimum Gasteiger partial charge on any atom is -0.513 e. The molecular weight excluding hydrogens is 162 g/mol. The third kappa shape index (κ3) is 1.60. The van der Waals surface area contributed by atoms with Crippen molar-refractivity contribution in [2.24, 2.45) is 23.5 Å². The smallest absolute Gasteiger partial charge is 0.0882 e. The van der Waals surface area contributed by atoms with E-state index in [-0.39, 0.29) is 0 Å². The summed E-state index contributed by atoms with van der Waals surface area (Å²) >= 11 is 0. The van der Waals surface area contributed by atoms with Crippen molar-refractivity contribution in [2.45, 2.75) is 38.1 Å². The molecule has 2 rings (SSSR count). The van der Waals surface area contributed by atoms with Gasteiger partial charge in [0.05, 0.1) is 5.76 Å². The van der Waals surface area contributed by atoms with E-state index >= 15 is 0 Å². The lowest BCUT2D eigenvalue weighted by Gasteiger charge is -2.43. The maximum atomic E-state index is 9.38. The predicted octanol–water partition coefficient (Wildman–Crippen LogP) is 2.21. The SMILES string of the molecule is C=C(O)C1C[C@H]2CCC[C@@H](C1)[C@@H]2N. The van der Waals surface area contributed by atoms with Crippen molar-refractivity contribution in [3.05, 3.63) is 12.3 Å². The van der Waals surface area contributed by atoms with Crippen LogP contribution in [0.15, 0.2) is 12.3 Å². The van der Waals surface area contributed by atoms with E-state index in [1.807, 2.05) is 0 Å². The first-order chi connectivity index (χ1) is 6.18. The molecule has 2 saturated carbocycles. The van der Waals surface area contributed by atoms with Crippen LogP contribution in [0.5, 0.6) is 0 Å². The molecule has 2 nitrogen and oxygen atoms in total. The Morgan fingerprint density at radius 1 is 1.23 bits per heavy atom. The Morgan fingerprint density at radius 3 is 2.23 bits per heavy atom. The van der Waals surface area contributed by atoms with E-state index in [2.05, 4.69) is 6.58 Å². The third-order valence-electron chi connectivity index (χ3n) is 3.88. The summed E-state index contributed by atoms with van der Waals surface area (Å²) in [4.78, 5) is 0. The van der Waals surface area contributed by atoms with E-state index in [0.717, 1.165) is 12.8 Å². The van der Waals surface area contributed by atoms with Crippen LogP contribution in [0.4, 0.5) is 0 Å². The number of aliphatic hydroxyl groups is 1. The van der Waals surface area contributed by atoms with Gasteiger partial charge in [-0.1, -0.05) is 13.0 Å². The second-order valence-corrected chi connectivity index (χ2v) is 4.69. The van der Waals surface area contributed by atoms with Gasteiger partial charge in [-0.3, -0.25) is 0 Å². The molecule has 0 saturated heterocycles. The number of fused-ring (bicyclic) bond motifs is 2. The van der Waals surface area contributed by atoms with Crippen molar-refractivity contribution in [1.29, 1.82) is 0 Å². The maximum absolute atomic E-state index is 9.38. The van der Waals surface area contributed by atoms with Crippen molar-refractivity contribution in [3.63, 3.8) is 0 Å². The number of aliphatic hydroxyl groups excluding tert-OH is 1. The van der Waals surface area contributed by atoms with Gasteiger partial charge in [0.15, 0.2) is 0 Å². The lowest BCUT2D eigenvalue weighted by molar-refractivity contribution is 0.102. The number of nitrogens with two attached hydrogens (primary N) is 1. The van der Waals surface area contributed by atoms with E-state index in [0.29, 0.717) is 29.6 Å². The first kappa shape index (κ1) is 9.07. The zero-order valence-corrected chi connectivity index (χ0v) is 8.08. The minimum atomic E-state index is 0.329. The van der Waals surface area contributed by atoms with Gasteiger partial charge in [0, 0.05) is 12.0 Å². The molecule has 2 aliphatic carbocycles. The molecule has 0 heterocycles. The van der Waals surface area contributed by atoms with Crippen molar-refractivity contribution in [3.8, 4) is 0 Å². The molecule has 3 N–H and O–H groups in total. The van der Waals surface area contributed by atoms with E-state index in [1.165, 1.54) is 19.3 Å². The number of hydrogen-bond acceptors (Lipinski definition) is 2. The van der Waals surface area contributed by atoms with Gasteiger partial charge in [-0.2, -0.15) is 0 Å². The van der Waals surface area contributed by atoms with Gasteiger partial charge in [0.25, 0.3) is 0 Å². The quantitative estimate of drug-likeness (QED) is 0.609. The Balaban J connectivity index is 2.07. The zero-order valence-electron chi connectivity index (χ0n) is 8.08. The van der Waals surface area contributed by atoms with Gasteiger partial charge >= 0.3 is 0 Å². The summed E-state index contributed by atoms with van der Waals surface area (Å²) < 4.78 is 0. The fourth-order valence-corrected chi connectivity index (χ4v) is 3.06. The van der Waals surface area contributed by atoms with Crippen LogP contribution in [0.1, 0.15) is 32.1 Å². The molecule has 0 aromatic rings. The normalized spacial score (nSPS) is 44.4. The Labute approximate surface area is 79.8 Å². The van der Waals surface area contributed by atoms with Gasteiger partial charge in [0.1, 0.15) is 0 Å². The van der Waals surface area contributed by atoms with E-state index < -0.39 is 0 Å². The highest BCUT2D eigenvalue weighted by molar-refractivity contribution is 5.00. The summed E-state index contributed by atoms with van der Waals surface area (Å²) in [5, 5.41) is 9.38. The van der Waals surface area contributed by atoms with Gasteiger partial charge in [-0.15, -0.1) is 0 Å². The zero-order chi connectivity index (χ0) is 9.42. The van der Waals surface area contributed by atoms with Gasteiger partial charge in [-0.25, -0.2) is 0 Å². The van der Waals surface area contributed by atoms with Crippen LogP contribution < -0.4 is 5.73 Å². The van der Waals surface area contributed by atoms with Crippen LogP contribution in [0.2, 0.25) is 0 Å². The molecule has 2 heteroatoms. The topological polar surface area (TPSA) is 46.2 Å². The monoisotopic (exact) mass is 181 g/mol. The first-order valence-corrected chi connectivity index (χ1v) is 5.32. The van der Waals surface area contributed by atoms with E-state index in [1.54, 1.807) is 0 Å². The first-order valence-electron chi connectivity index (χ1n) is 5.32. The summed E-state index contributed by atoms with van der Waals surface area (Å²) in [6.45, 7) is 3.65. The van der Waals surface area contributed by atoms with Gasteiger partial charge < -0.3 is 10.8 Å². The number of rotatable bonds is 1. The van der Waals surface area contributed by atoms with Crippen molar-refractivity contribution >= 4 is 0 Å². The molecule has 74 valence electrons. The molecule has 13 heavy (non-hydrogen) atoms. The van der Waals surface area contributed by atoms with Crippen molar-refractivity contribution in [2.75, 3.05) is 0 Å².